The molecule has 1 amide bonds. The Hall–Kier alpha value is -2.42. The average Bonchev–Trinajstić information content (AvgIpc) is 2.59. The van der Waals surface area contributed by atoms with Gasteiger partial charge in [0.15, 0.2) is 5.78 Å². The standard InChI is InChI=1S/C20H23NO2/c1-2-3-4-8-15-19(22)21-18-14-10-9-13-17(18)20(23)16-11-6-5-7-12-16/h5-7,9-14H,2-4,8,15H2,1H3,(H,21,22). The normalized spacial score (nSPS) is 10.3. The first-order chi connectivity index (χ1) is 11.2. The molecule has 0 atom stereocenters. The van der Waals surface area contributed by atoms with Crippen LogP contribution >= 0.6 is 0 Å². The van der Waals surface area contributed by atoms with Gasteiger partial charge < -0.3 is 5.32 Å². The summed E-state index contributed by atoms with van der Waals surface area (Å²) in [5.41, 5.74) is 1.74. The highest BCUT2D eigenvalue weighted by Gasteiger charge is 2.14. The number of para-hydroxylation sites is 1. The molecule has 23 heavy (non-hydrogen) atoms. The van der Waals surface area contributed by atoms with E-state index in [9.17, 15) is 9.59 Å². The molecular formula is C20H23NO2. The van der Waals surface area contributed by atoms with Gasteiger partial charge in [0.05, 0.1) is 5.69 Å². The van der Waals surface area contributed by atoms with Crippen molar-refractivity contribution in [2.75, 3.05) is 5.32 Å². The molecule has 0 radical (unpaired) electrons. The number of carbonyl (C=O) groups excluding carboxylic acids is 2. The smallest absolute Gasteiger partial charge is 0.224 e. The molecule has 0 aromatic heterocycles. The molecular weight excluding hydrogens is 286 g/mol. The minimum Gasteiger partial charge on any atom is -0.325 e. The van der Waals surface area contributed by atoms with E-state index in [4.69, 9.17) is 0 Å². The first-order valence-corrected chi connectivity index (χ1v) is 8.21. The van der Waals surface area contributed by atoms with Crippen LogP contribution in [0.5, 0.6) is 0 Å². The lowest BCUT2D eigenvalue weighted by Gasteiger charge is -2.10. The van der Waals surface area contributed by atoms with Crippen LogP contribution in [0.1, 0.15) is 54.9 Å². The summed E-state index contributed by atoms with van der Waals surface area (Å²) in [6, 6.07) is 16.3. The molecule has 120 valence electrons. The average molecular weight is 309 g/mol. The highest BCUT2D eigenvalue weighted by Crippen LogP contribution is 2.19. The van der Waals surface area contributed by atoms with Gasteiger partial charge in [-0.2, -0.15) is 0 Å². The summed E-state index contributed by atoms with van der Waals surface area (Å²) in [5, 5.41) is 2.88. The van der Waals surface area contributed by atoms with Crippen LogP contribution in [0.25, 0.3) is 0 Å². The maximum absolute atomic E-state index is 12.6. The fraction of sp³-hybridized carbons (Fsp3) is 0.300. The number of unbranched alkanes of at least 4 members (excludes halogenated alkanes) is 3. The molecule has 1 N–H and O–H groups in total. The molecule has 0 aliphatic carbocycles. The van der Waals surface area contributed by atoms with Gasteiger partial charge in [-0.15, -0.1) is 0 Å². The molecule has 0 spiro atoms. The molecule has 2 aromatic rings. The second-order valence-corrected chi connectivity index (χ2v) is 5.60. The second-order valence-electron chi connectivity index (χ2n) is 5.60. The summed E-state index contributed by atoms with van der Waals surface area (Å²) in [5.74, 6) is -0.109. The summed E-state index contributed by atoms with van der Waals surface area (Å²) in [6.07, 6.45) is 4.74. The zero-order valence-corrected chi connectivity index (χ0v) is 13.5. The Labute approximate surface area is 137 Å². The van der Waals surface area contributed by atoms with E-state index in [1.807, 2.05) is 30.3 Å². The Morgan fingerprint density at radius 1 is 0.870 bits per heavy atom. The quantitative estimate of drug-likeness (QED) is 0.561. The summed E-state index contributed by atoms with van der Waals surface area (Å²) < 4.78 is 0. The van der Waals surface area contributed by atoms with Crippen molar-refractivity contribution >= 4 is 17.4 Å². The van der Waals surface area contributed by atoms with E-state index in [2.05, 4.69) is 12.2 Å². The van der Waals surface area contributed by atoms with Gasteiger partial charge in [-0.05, 0) is 18.6 Å². The molecule has 0 unspecified atom stereocenters. The zero-order valence-electron chi connectivity index (χ0n) is 13.5. The van der Waals surface area contributed by atoms with Crippen molar-refractivity contribution in [3.63, 3.8) is 0 Å². The third-order valence-corrected chi connectivity index (χ3v) is 3.74. The van der Waals surface area contributed by atoms with Crippen molar-refractivity contribution < 1.29 is 9.59 Å². The number of nitrogens with one attached hydrogen (secondary N) is 1. The molecule has 0 bridgehead atoms. The number of hydrogen-bond acceptors (Lipinski definition) is 2. The molecule has 0 aliphatic rings. The Bertz CT molecular complexity index is 650. The van der Waals surface area contributed by atoms with E-state index >= 15 is 0 Å². The summed E-state index contributed by atoms with van der Waals surface area (Å²) >= 11 is 0. The van der Waals surface area contributed by atoms with Crippen molar-refractivity contribution in [1.29, 1.82) is 0 Å². The van der Waals surface area contributed by atoms with E-state index in [0.717, 1.165) is 25.7 Å². The third kappa shape index (κ3) is 5.06. The van der Waals surface area contributed by atoms with Crippen LogP contribution < -0.4 is 5.32 Å². The summed E-state index contributed by atoms with van der Waals surface area (Å²) in [7, 11) is 0. The molecule has 0 saturated carbocycles. The van der Waals surface area contributed by atoms with Gasteiger partial charge in [-0.25, -0.2) is 0 Å². The van der Waals surface area contributed by atoms with Gasteiger partial charge in [0.25, 0.3) is 0 Å². The van der Waals surface area contributed by atoms with Crippen molar-refractivity contribution in [2.24, 2.45) is 0 Å². The van der Waals surface area contributed by atoms with Gasteiger partial charge in [0.1, 0.15) is 0 Å². The molecule has 2 rings (SSSR count). The topological polar surface area (TPSA) is 46.2 Å². The number of benzene rings is 2. The van der Waals surface area contributed by atoms with E-state index in [1.165, 1.54) is 0 Å². The Kier molecular flexibility index (Phi) is 6.55. The Morgan fingerprint density at radius 3 is 2.30 bits per heavy atom. The van der Waals surface area contributed by atoms with Crippen LogP contribution in [0, 0.1) is 0 Å². The van der Waals surface area contributed by atoms with Crippen molar-refractivity contribution in [1.82, 2.24) is 0 Å². The molecule has 0 aliphatic heterocycles. The Morgan fingerprint density at radius 2 is 1.57 bits per heavy atom. The van der Waals surface area contributed by atoms with Crippen LogP contribution in [-0.4, -0.2) is 11.7 Å². The van der Waals surface area contributed by atoms with E-state index < -0.39 is 0 Å². The Balaban J connectivity index is 2.06. The molecule has 2 aromatic carbocycles. The molecule has 3 heteroatoms. The number of hydrogen-bond donors (Lipinski definition) is 1. The number of amides is 1. The van der Waals surface area contributed by atoms with Gasteiger partial charge in [0, 0.05) is 17.5 Å². The van der Waals surface area contributed by atoms with Crippen molar-refractivity contribution in [3.8, 4) is 0 Å². The second kappa shape index (κ2) is 8.89. The van der Waals surface area contributed by atoms with Crippen LogP contribution in [0.3, 0.4) is 0 Å². The SMILES string of the molecule is CCCCCCC(=O)Nc1ccccc1C(=O)c1ccccc1. The highest BCUT2D eigenvalue weighted by atomic mass is 16.1. The fourth-order valence-electron chi connectivity index (χ4n) is 2.46. The van der Waals surface area contributed by atoms with E-state index in [-0.39, 0.29) is 11.7 Å². The lowest BCUT2D eigenvalue weighted by molar-refractivity contribution is -0.116. The lowest BCUT2D eigenvalue weighted by Crippen LogP contribution is -2.14. The van der Waals surface area contributed by atoms with Crippen molar-refractivity contribution in [2.45, 2.75) is 39.0 Å². The van der Waals surface area contributed by atoms with E-state index in [0.29, 0.717) is 23.2 Å². The largest absolute Gasteiger partial charge is 0.325 e. The van der Waals surface area contributed by atoms with Gasteiger partial charge in [-0.1, -0.05) is 68.7 Å². The minimum absolute atomic E-state index is 0.0329. The predicted octanol–water partition coefficient (Wildman–Crippen LogP) is 4.83. The first kappa shape index (κ1) is 16.9. The molecule has 0 heterocycles. The van der Waals surface area contributed by atoms with Crippen LogP contribution in [0.15, 0.2) is 54.6 Å². The number of anilines is 1. The predicted molar refractivity (Wildman–Crippen MR) is 93.7 cm³/mol. The highest BCUT2D eigenvalue weighted by molar-refractivity contribution is 6.13. The third-order valence-electron chi connectivity index (χ3n) is 3.74. The van der Waals surface area contributed by atoms with Crippen molar-refractivity contribution in [3.05, 3.63) is 65.7 Å². The van der Waals surface area contributed by atoms with E-state index in [1.54, 1.807) is 24.3 Å². The number of ketones is 1. The molecule has 0 fully saturated rings. The van der Waals surface area contributed by atoms with Crippen LogP contribution in [-0.2, 0) is 4.79 Å². The maximum atomic E-state index is 12.6. The number of rotatable bonds is 8. The fourth-order valence-corrected chi connectivity index (χ4v) is 2.46. The molecule has 3 nitrogen and oxygen atoms in total. The zero-order chi connectivity index (χ0) is 16.5. The summed E-state index contributed by atoms with van der Waals surface area (Å²) in [6.45, 7) is 2.14. The van der Waals surface area contributed by atoms with Crippen LogP contribution in [0.4, 0.5) is 5.69 Å². The van der Waals surface area contributed by atoms with Gasteiger partial charge >= 0.3 is 0 Å². The first-order valence-electron chi connectivity index (χ1n) is 8.21. The number of carbonyl (C=O) groups is 2. The summed E-state index contributed by atoms with van der Waals surface area (Å²) in [4.78, 5) is 24.7. The minimum atomic E-state index is -0.0764. The monoisotopic (exact) mass is 309 g/mol. The van der Waals surface area contributed by atoms with Crippen LogP contribution in [0.2, 0.25) is 0 Å². The van der Waals surface area contributed by atoms with Gasteiger partial charge in [-0.3, -0.25) is 9.59 Å². The molecule has 0 saturated heterocycles. The van der Waals surface area contributed by atoms with Gasteiger partial charge in [0.2, 0.25) is 5.91 Å². The lowest BCUT2D eigenvalue weighted by atomic mass is 10.0. The maximum Gasteiger partial charge on any atom is 0.224 e.